The lowest BCUT2D eigenvalue weighted by atomic mass is 9.96. The second-order valence-electron chi connectivity index (χ2n) is 7.64. The summed E-state index contributed by atoms with van der Waals surface area (Å²) < 4.78 is 0. The van der Waals surface area contributed by atoms with Gasteiger partial charge >= 0.3 is 0 Å². The average molecular weight is 471 g/mol. The lowest BCUT2D eigenvalue weighted by Gasteiger charge is -2.36. The third-order valence-corrected chi connectivity index (χ3v) is 5.78. The minimum atomic E-state index is 0. The van der Waals surface area contributed by atoms with E-state index >= 15 is 0 Å². The van der Waals surface area contributed by atoms with Crippen molar-refractivity contribution in [3.8, 4) is 0 Å². The maximum atomic E-state index is 4.41. The number of aliphatic imine (C=N–C) groups is 1. The van der Waals surface area contributed by atoms with E-state index in [9.17, 15) is 0 Å². The van der Waals surface area contributed by atoms with Gasteiger partial charge in [0.1, 0.15) is 0 Å². The van der Waals surface area contributed by atoms with Crippen molar-refractivity contribution in [3.63, 3.8) is 0 Å². The van der Waals surface area contributed by atoms with Crippen molar-refractivity contribution in [2.75, 3.05) is 53.4 Å². The lowest BCUT2D eigenvalue weighted by molar-refractivity contribution is 0.120. The minimum absolute atomic E-state index is 0. The maximum Gasteiger partial charge on any atom is 0.191 e. The molecule has 0 spiro atoms. The highest BCUT2D eigenvalue weighted by atomic mass is 127. The fourth-order valence-corrected chi connectivity index (χ4v) is 3.62. The van der Waals surface area contributed by atoms with E-state index in [2.05, 4.69) is 69.7 Å². The van der Waals surface area contributed by atoms with Gasteiger partial charge in [0.2, 0.25) is 0 Å². The molecule has 0 aromatic heterocycles. The summed E-state index contributed by atoms with van der Waals surface area (Å²) in [4.78, 5) is 9.37. The molecular weight excluding hydrogens is 437 g/mol. The lowest BCUT2D eigenvalue weighted by Crippen LogP contribution is -2.52. The van der Waals surface area contributed by atoms with Crippen LogP contribution in [0.15, 0.2) is 35.3 Å². The molecule has 1 aliphatic heterocycles. The van der Waals surface area contributed by atoms with E-state index in [1.54, 1.807) is 0 Å². The van der Waals surface area contributed by atoms with Crippen LogP contribution < -0.4 is 10.6 Å². The third-order valence-electron chi connectivity index (χ3n) is 5.78. The Morgan fingerprint density at radius 2 is 1.77 bits per heavy atom. The van der Waals surface area contributed by atoms with E-state index in [-0.39, 0.29) is 24.0 Å². The van der Waals surface area contributed by atoms with Crippen molar-refractivity contribution in [3.05, 3.63) is 35.9 Å². The first kappa shape index (κ1) is 21.4. The van der Waals surface area contributed by atoms with Crippen LogP contribution in [0.25, 0.3) is 0 Å². The highest BCUT2D eigenvalue weighted by molar-refractivity contribution is 14.0. The Hall–Kier alpha value is -0.860. The number of nitrogens with zero attached hydrogens (tertiary/aromatic N) is 3. The van der Waals surface area contributed by atoms with Crippen LogP contribution in [0, 0.1) is 0 Å². The molecule has 2 fully saturated rings. The molecule has 3 rings (SSSR count). The third kappa shape index (κ3) is 5.57. The van der Waals surface area contributed by atoms with Crippen LogP contribution in [0.4, 0.5) is 0 Å². The number of hydrogen-bond acceptors (Lipinski definition) is 3. The minimum Gasteiger partial charge on any atom is -0.356 e. The summed E-state index contributed by atoms with van der Waals surface area (Å²) in [6, 6.07) is 11.4. The van der Waals surface area contributed by atoms with Gasteiger partial charge in [-0.15, -0.1) is 24.0 Å². The molecule has 0 bridgehead atoms. The molecular formula is C20H34IN5. The van der Waals surface area contributed by atoms with E-state index in [1.165, 1.54) is 18.4 Å². The number of benzene rings is 1. The molecule has 1 saturated heterocycles. The summed E-state index contributed by atoms with van der Waals surface area (Å²) in [6.45, 7) is 8.83. The monoisotopic (exact) mass is 471 g/mol. The fourth-order valence-electron chi connectivity index (χ4n) is 3.62. The van der Waals surface area contributed by atoms with Gasteiger partial charge < -0.3 is 15.5 Å². The molecule has 1 aliphatic carbocycles. The topological polar surface area (TPSA) is 42.9 Å². The molecule has 146 valence electrons. The number of guanidine groups is 1. The second kappa shape index (κ2) is 9.90. The molecule has 26 heavy (non-hydrogen) atoms. The van der Waals surface area contributed by atoms with Gasteiger partial charge in [0, 0.05) is 57.8 Å². The number of nitrogens with one attached hydrogen (secondary N) is 2. The van der Waals surface area contributed by atoms with Crippen LogP contribution in [0.1, 0.15) is 25.3 Å². The van der Waals surface area contributed by atoms with E-state index in [1.807, 2.05) is 7.05 Å². The van der Waals surface area contributed by atoms with Crippen molar-refractivity contribution in [2.24, 2.45) is 4.99 Å². The van der Waals surface area contributed by atoms with Gasteiger partial charge in [-0.3, -0.25) is 9.89 Å². The van der Waals surface area contributed by atoms with Gasteiger partial charge in [-0.2, -0.15) is 0 Å². The summed E-state index contributed by atoms with van der Waals surface area (Å²) in [5.41, 5.74) is 1.76. The van der Waals surface area contributed by atoms with Crippen LogP contribution in [-0.2, 0) is 5.41 Å². The van der Waals surface area contributed by atoms with Crippen LogP contribution in [0.3, 0.4) is 0 Å². The normalized spacial score (nSPS) is 21.6. The Morgan fingerprint density at radius 1 is 1.12 bits per heavy atom. The van der Waals surface area contributed by atoms with Crippen molar-refractivity contribution in [1.29, 1.82) is 0 Å². The number of piperazine rings is 1. The van der Waals surface area contributed by atoms with Crippen molar-refractivity contribution >= 4 is 29.9 Å². The predicted octanol–water partition coefficient (Wildman–Crippen LogP) is 2.14. The smallest absolute Gasteiger partial charge is 0.191 e. The molecule has 2 aliphatic rings. The summed E-state index contributed by atoms with van der Waals surface area (Å²) in [7, 11) is 4.06. The Kier molecular flexibility index (Phi) is 8.16. The number of likely N-dealkylation sites (N-methyl/N-ethyl adjacent to an activating group) is 1. The van der Waals surface area contributed by atoms with Crippen LogP contribution >= 0.6 is 24.0 Å². The molecule has 0 radical (unpaired) electrons. The Bertz CT molecular complexity index is 565. The van der Waals surface area contributed by atoms with E-state index in [0.717, 1.165) is 45.2 Å². The van der Waals surface area contributed by atoms with E-state index < -0.39 is 0 Å². The molecule has 1 atom stereocenters. The highest BCUT2D eigenvalue weighted by Gasteiger charge is 2.44. The number of hydrogen-bond donors (Lipinski definition) is 2. The molecule has 0 amide bonds. The molecule has 6 heteroatoms. The van der Waals surface area contributed by atoms with Gasteiger partial charge in [0.25, 0.3) is 0 Å². The van der Waals surface area contributed by atoms with Gasteiger partial charge in [-0.25, -0.2) is 0 Å². The maximum absolute atomic E-state index is 4.41. The van der Waals surface area contributed by atoms with Crippen molar-refractivity contribution in [1.82, 2.24) is 20.4 Å². The van der Waals surface area contributed by atoms with Crippen molar-refractivity contribution in [2.45, 2.75) is 31.2 Å². The molecule has 1 heterocycles. The van der Waals surface area contributed by atoms with E-state index in [0.29, 0.717) is 11.5 Å². The highest BCUT2D eigenvalue weighted by Crippen LogP contribution is 2.47. The van der Waals surface area contributed by atoms with Crippen molar-refractivity contribution < 1.29 is 0 Å². The fraction of sp³-hybridized carbons (Fsp3) is 0.650. The largest absolute Gasteiger partial charge is 0.356 e. The summed E-state index contributed by atoms with van der Waals surface area (Å²) in [6.07, 6.45) is 2.53. The second-order valence-corrected chi connectivity index (χ2v) is 7.64. The van der Waals surface area contributed by atoms with Gasteiger partial charge in [0.05, 0.1) is 0 Å². The quantitative estimate of drug-likeness (QED) is 0.379. The van der Waals surface area contributed by atoms with Gasteiger partial charge in [-0.05, 0) is 32.4 Å². The standard InChI is InChI=1S/C20H33N5.HI/c1-17(25-13-11-24(3)12-14-25)15-22-19(21-2)23-16-20(9-10-20)18-7-5-4-6-8-18;/h4-8,17H,9-16H2,1-3H3,(H2,21,22,23);1H. The SMILES string of the molecule is CN=C(NCC(C)N1CCN(C)CC1)NCC1(c2ccccc2)CC1.I. The Labute approximate surface area is 175 Å². The first-order chi connectivity index (χ1) is 12.1. The molecule has 1 aromatic rings. The van der Waals surface area contributed by atoms with Crippen LogP contribution in [0.2, 0.25) is 0 Å². The number of halogens is 1. The summed E-state index contributed by atoms with van der Waals surface area (Å²) in [5.74, 6) is 0.920. The summed E-state index contributed by atoms with van der Waals surface area (Å²) in [5, 5.41) is 7.06. The zero-order valence-corrected chi connectivity index (χ0v) is 18.7. The molecule has 1 saturated carbocycles. The van der Waals surface area contributed by atoms with Gasteiger partial charge in [0.15, 0.2) is 5.96 Å². The predicted molar refractivity (Wildman–Crippen MR) is 121 cm³/mol. The molecule has 1 aromatic carbocycles. The average Bonchev–Trinajstić information content (AvgIpc) is 3.44. The molecule has 1 unspecified atom stereocenters. The van der Waals surface area contributed by atoms with Gasteiger partial charge in [-0.1, -0.05) is 30.3 Å². The zero-order chi connectivity index (χ0) is 17.7. The van der Waals surface area contributed by atoms with E-state index in [4.69, 9.17) is 0 Å². The van der Waals surface area contributed by atoms with Crippen LogP contribution in [0.5, 0.6) is 0 Å². The van der Waals surface area contributed by atoms with Crippen LogP contribution in [-0.4, -0.2) is 75.2 Å². The summed E-state index contributed by atoms with van der Waals surface area (Å²) >= 11 is 0. The zero-order valence-electron chi connectivity index (χ0n) is 16.4. The number of rotatable bonds is 6. The molecule has 2 N–H and O–H groups in total. The first-order valence-corrected chi connectivity index (χ1v) is 9.56. The first-order valence-electron chi connectivity index (χ1n) is 9.56. The Balaban J connectivity index is 0.00000243. The Morgan fingerprint density at radius 3 is 2.35 bits per heavy atom. The molecule has 5 nitrogen and oxygen atoms in total.